The Kier molecular flexibility index (Phi) is 2.28. The number of hydrogen-bond donors (Lipinski definition) is 1. The van der Waals surface area contributed by atoms with Crippen LogP contribution in [0.5, 0.6) is 0 Å². The van der Waals surface area contributed by atoms with Crippen molar-refractivity contribution in [3.63, 3.8) is 0 Å². The summed E-state index contributed by atoms with van der Waals surface area (Å²) >= 11 is 0. The van der Waals surface area contributed by atoms with Crippen molar-refractivity contribution in [3.05, 3.63) is 24.3 Å². The highest BCUT2D eigenvalue weighted by molar-refractivity contribution is 5.20. The molecule has 1 rings (SSSR count). The van der Waals surface area contributed by atoms with Crippen LogP contribution in [0.25, 0.3) is 0 Å². The first-order chi connectivity index (χ1) is 4.72. The van der Waals surface area contributed by atoms with Gasteiger partial charge in [-0.2, -0.15) is 0 Å². The number of hydrogen-bond acceptors (Lipinski definition) is 1. The van der Waals surface area contributed by atoms with Crippen molar-refractivity contribution in [1.82, 2.24) is 0 Å². The third-order valence-corrected chi connectivity index (χ3v) is 1.90. The van der Waals surface area contributed by atoms with Gasteiger partial charge in [0.1, 0.15) is 0 Å². The molecule has 56 valence electrons. The Morgan fingerprint density at radius 1 is 1.80 bits per heavy atom. The van der Waals surface area contributed by atoms with Gasteiger partial charge in [-0.15, -0.1) is 0 Å². The van der Waals surface area contributed by atoms with Crippen molar-refractivity contribution in [3.8, 4) is 0 Å². The molecular formula is C9H14O. The molecular weight excluding hydrogens is 124 g/mol. The Balaban J connectivity index is 2.65. The first-order valence-electron chi connectivity index (χ1n) is 3.73. The summed E-state index contributed by atoms with van der Waals surface area (Å²) in [7, 11) is 0. The predicted octanol–water partition coefficient (Wildman–Crippen LogP) is 1.89. The van der Waals surface area contributed by atoms with E-state index in [1.165, 1.54) is 5.57 Å². The average molecular weight is 138 g/mol. The summed E-state index contributed by atoms with van der Waals surface area (Å²) in [4.78, 5) is 0. The van der Waals surface area contributed by atoms with E-state index in [0.717, 1.165) is 12.8 Å². The number of allylic oxidation sites excluding steroid dienone is 2. The van der Waals surface area contributed by atoms with E-state index in [1.807, 2.05) is 12.2 Å². The molecule has 0 unspecified atom stereocenters. The van der Waals surface area contributed by atoms with E-state index in [0.29, 0.717) is 5.92 Å². The van der Waals surface area contributed by atoms with Crippen LogP contribution < -0.4 is 0 Å². The van der Waals surface area contributed by atoms with Gasteiger partial charge in [-0.25, -0.2) is 0 Å². The molecule has 2 atom stereocenters. The summed E-state index contributed by atoms with van der Waals surface area (Å²) in [6.07, 6.45) is 5.46. The van der Waals surface area contributed by atoms with Crippen LogP contribution in [0, 0.1) is 5.92 Å². The largest absolute Gasteiger partial charge is 0.389 e. The third kappa shape index (κ3) is 1.71. The van der Waals surface area contributed by atoms with Gasteiger partial charge in [0, 0.05) is 0 Å². The molecule has 0 spiro atoms. The van der Waals surface area contributed by atoms with Gasteiger partial charge in [0.05, 0.1) is 6.10 Å². The molecule has 0 bridgehead atoms. The lowest BCUT2D eigenvalue weighted by molar-refractivity contribution is 0.181. The van der Waals surface area contributed by atoms with Gasteiger partial charge >= 0.3 is 0 Å². The van der Waals surface area contributed by atoms with Crippen molar-refractivity contribution >= 4 is 0 Å². The number of aliphatic hydroxyl groups excluding tert-OH is 1. The van der Waals surface area contributed by atoms with E-state index in [1.54, 1.807) is 0 Å². The van der Waals surface area contributed by atoms with E-state index in [2.05, 4.69) is 13.5 Å². The highest BCUT2D eigenvalue weighted by Crippen LogP contribution is 2.23. The van der Waals surface area contributed by atoms with E-state index >= 15 is 0 Å². The van der Waals surface area contributed by atoms with E-state index < -0.39 is 0 Å². The minimum atomic E-state index is -0.239. The zero-order chi connectivity index (χ0) is 7.56. The SMILES string of the molecule is C=CC1=C[C@@H](O)C[C@@H](C)C1. The first-order valence-corrected chi connectivity index (χ1v) is 3.73. The Morgan fingerprint density at radius 2 is 2.50 bits per heavy atom. The van der Waals surface area contributed by atoms with Crippen LogP contribution >= 0.6 is 0 Å². The molecule has 10 heavy (non-hydrogen) atoms. The lowest BCUT2D eigenvalue weighted by atomic mass is 9.89. The first kappa shape index (κ1) is 7.55. The molecule has 1 nitrogen and oxygen atoms in total. The van der Waals surface area contributed by atoms with Crippen LogP contribution in [0.15, 0.2) is 24.3 Å². The third-order valence-electron chi connectivity index (χ3n) is 1.90. The minimum absolute atomic E-state index is 0.239. The lowest BCUT2D eigenvalue weighted by Crippen LogP contribution is -2.15. The van der Waals surface area contributed by atoms with E-state index in [9.17, 15) is 5.11 Å². The summed E-state index contributed by atoms with van der Waals surface area (Å²) < 4.78 is 0. The molecule has 1 heteroatoms. The minimum Gasteiger partial charge on any atom is -0.389 e. The highest BCUT2D eigenvalue weighted by Gasteiger charge is 2.14. The van der Waals surface area contributed by atoms with Gasteiger partial charge < -0.3 is 5.11 Å². The molecule has 0 saturated carbocycles. The molecule has 0 radical (unpaired) electrons. The maximum atomic E-state index is 9.26. The Labute approximate surface area is 62.1 Å². The topological polar surface area (TPSA) is 20.2 Å². The van der Waals surface area contributed by atoms with Crippen LogP contribution in [-0.4, -0.2) is 11.2 Å². The summed E-state index contributed by atoms with van der Waals surface area (Å²) in [6.45, 7) is 5.83. The van der Waals surface area contributed by atoms with Gasteiger partial charge in [-0.1, -0.05) is 25.7 Å². The molecule has 0 aromatic rings. The molecule has 0 aromatic heterocycles. The second kappa shape index (κ2) is 3.02. The van der Waals surface area contributed by atoms with Gasteiger partial charge in [0.25, 0.3) is 0 Å². The maximum Gasteiger partial charge on any atom is 0.0729 e. The van der Waals surface area contributed by atoms with Crippen LogP contribution in [0.1, 0.15) is 19.8 Å². The Hall–Kier alpha value is -0.560. The summed E-state index contributed by atoms with van der Waals surface area (Å²) in [5.74, 6) is 0.605. The fourth-order valence-electron chi connectivity index (χ4n) is 1.43. The van der Waals surface area contributed by atoms with Crippen molar-refractivity contribution in [2.75, 3.05) is 0 Å². The number of rotatable bonds is 1. The van der Waals surface area contributed by atoms with E-state index in [-0.39, 0.29) is 6.10 Å². The molecule has 0 fully saturated rings. The van der Waals surface area contributed by atoms with Gasteiger partial charge in [0.2, 0.25) is 0 Å². The molecule has 0 amide bonds. The zero-order valence-corrected chi connectivity index (χ0v) is 6.38. The van der Waals surface area contributed by atoms with Crippen LogP contribution in [0.4, 0.5) is 0 Å². The van der Waals surface area contributed by atoms with Crippen molar-refractivity contribution < 1.29 is 5.11 Å². The monoisotopic (exact) mass is 138 g/mol. The maximum absolute atomic E-state index is 9.26. The molecule has 0 saturated heterocycles. The predicted molar refractivity (Wildman–Crippen MR) is 42.7 cm³/mol. The highest BCUT2D eigenvalue weighted by atomic mass is 16.3. The molecule has 1 N–H and O–H groups in total. The molecule has 0 aromatic carbocycles. The zero-order valence-electron chi connectivity index (χ0n) is 6.38. The van der Waals surface area contributed by atoms with Crippen molar-refractivity contribution in [2.24, 2.45) is 5.92 Å². The van der Waals surface area contributed by atoms with Crippen molar-refractivity contribution in [1.29, 1.82) is 0 Å². The van der Waals surface area contributed by atoms with E-state index in [4.69, 9.17) is 0 Å². The van der Waals surface area contributed by atoms with Crippen LogP contribution in [0.3, 0.4) is 0 Å². The quantitative estimate of drug-likeness (QED) is 0.586. The van der Waals surface area contributed by atoms with Gasteiger partial charge in [-0.05, 0) is 24.3 Å². The Bertz CT molecular complexity index is 158. The smallest absolute Gasteiger partial charge is 0.0729 e. The second-order valence-electron chi connectivity index (χ2n) is 3.06. The summed E-state index contributed by atoms with van der Waals surface area (Å²) in [5, 5.41) is 9.26. The molecule has 1 aliphatic carbocycles. The number of aliphatic hydroxyl groups is 1. The fourth-order valence-corrected chi connectivity index (χ4v) is 1.43. The normalized spacial score (nSPS) is 33.2. The second-order valence-corrected chi connectivity index (χ2v) is 3.06. The Morgan fingerprint density at radius 3 is 3.00 bits per heavy atom. The van der Waals surface area contributed by atoms with Crippen molar-refractivity contribution in [2.45, 2.75) is 25.9 Å². The standard InChI is InChI=1S/C9H14O/c1-3-8-4-7(2)5-9(10)6-8/h3,6-7,9-10H,1,4-5H2,2H3/t7-,9-/m0/s1. The summed E-state index contributed by atoms with van der Waals surface area (Å²) in [6, 6.07) is 0. The van der Waals surface area contributed by atoms with Gasteiger partial charge in [0.15, 0.2) is 0 Å². The fraction of sp³-hybridized carbons (Fsp3) is 0.556. The lowest BCUT2D eigenvalue weighted by Gasteiger charge is -2.20. The summed E-state index contributed by atoms with van der Waals surface area (Å²) in [5.41, 5.74) is 1.19. The molecule has 0 aliphatic heterocycles. The molecule has 0 heterocycles. The van der Waals surface area contributed by atoms with Crippen LogP contribution in [-0.2, 0) is 0 Å². The molecule has 1 aliphatic rings. The average Bonchev–Trinajstić information content (AvgIpc) is 1.85. The van der Waals surface area contributed by atoms with Gasteiger partial charge in [-0.3, -0.25) is 0 Å². The van der Waals surface area contributed by atoms with Crippen LogP contribution in [0.2, 0.25) is 0 Å².